The number of carbonyl (C=O) groups is 1. The van der Waals surface area contributed by atoms with Gasteiger partial charge >= 0.3 is 5.97 Å². The molecule has 7 rings (SSSR count). The first kappa shape index (κ1) is 36.6. The molecular formula is C42H64N2O5S. The van der Waals surface area contributed by atoms with E-state index in [1.54, 1.807) is 12.1 Å². The van der Waals surface area contributed by atoms with Crippen molar-refractivity contribution in [3.8, 4) is 0 Å². The average molecular weight is 709 g/mol. The van der Waals surface area contributed by atoms with Crippen LogP contribution in [0.2, 0.25) is 0 Å². The molecule has 1 aromatic carbocycles. The van der Waals surface area contributed by atoms with E-state index in [0.717, 1.165) is 44.3 Å². The second-order valence-electron chi connectivity index (χ2n) is 19.5. The molecule has 5 aliphatic carbocycles. The lowest BCUT2D eigenvalue weighted by molar-refractivity contribution is -0.225. The summed E-state index contributed by atoms with van der Waals surface area (Å²) in [7, 11) is -2.89. The zero-order valence-corrected chi connectivity index (χ0v) is 32.7. The van der Waals surface area contributed by atoms with Gasteiger partial charge in [-0.2, -0.15) is 0 Å². The summed E-state index contributed by atoms with van der Waals surface area (Å²) >= 11 is 0. The van der Waals surface area contributed by atoms with Gasteiger partial charge in [0.05, 0.1) is 22.7 Å². The van der Waals surface area contributed by atoms with E-state index < -0.39 is 21.4 Å². The maximum atomic E-state index is 12.0. The van der Waals surface area contributed by atoms with Crippen molar-refractivity contribution < 1.29 is 23.4 Å². The first-order valence-corrected chi connectivity index (χ1v) is 21.5. The summed E-state index contributed by atoms with van der Waals surface area (Å²) in [5.74, 6) is 2.09. The SMILES string of the molecule is CC(C)(O)[C@@H]1CC[C@]2(NCCN3CCS(=O)(=O)CC3)CC[C@]3(C)[C@H](CC[C@@H]4[C@@]5(C)CC=C(c6ccc(C(=O)O)cc6)C(C)(C)[C@@H]5CC[C@]43C)[C@@H]12. The lowest BCUT2D eigenvalue weighted by atomic mass is 9.32. The van der Waals surface area contributed by atoms with Crippen LogP contribution in [0, 0.1) is 51.2 Å². The number of rotatable bonds is 7. The largest absolute Gasteiger partial charge is 0.478 e. The van der Waals surface area contributed by atoms with E-state index in [0.29, 0.717) is 42.3 Å². The molecule has 1 aliphatic heterocycles. The molecule has 7 nitrogen and oxygen atoms in total. The van der Waals surface area contributed by atoms with Crippen molar-refractivity contribution in [3.63, 3.8) is 0 Å². The van der Waals surface area contributed by atoms with Gasteiger partial charge in [0.25, 0.3) is 0 Å². The monoisotopic (exact) mass is 708 g/mol. The van der Waals surface area contributed by atoms with Gasteiger partial charge in [0.2, 0.25) is 0 Å². The van der Waals surface area contributed by atoms with Crippen LogP contribution in [0.5, 0.6) is 0 Å². The van der Waals surface area contributed by atoms with E-state index >= 15 is 0 Å². The van der Waals surface area contributed by atoms with Crippen molar-refractivity contribution >= 4 is 21.4 Å². The Kier molecular flexibility index (Phi) is 8.89. The van der Waals surface area contributed by atoms with Gasteiger partial charge in [-0.05, 0) is 146 Å². The minimum absolute atomic E-state index is 0.0154. The first-order valence-electron chi connectivity index (χ1n) is 19.7. The summed E-state index contributed by atoms with van der Waals surface area (Å²) in [5, 5.41) is 25.3. The van der Waals surface area contributed by atoms with Gasteiger partial charge in [0.15, 0.2) is 9.84 Å². The number of fused-ring (bicyclic) bond motifs is 7. The van der Waals surface area contributed by atoms with Crippen LogP contribution in [0.4, 0.5) is 0 Å². The molecule has 5 fully saturated rings. The summed E-state index contributed by atoms with van der Waals surface area (Å²) in [6.07, 6.45) is 13.0. The topological polar surface area (TPSA) is 107 Å². The summed E-state index contributed by atoms with van der Waals surface area (Å²) in [6, 6.07) is 7.53. The van der Waals surface area contributed by atoms with Gasteiger partial charge in [-0.15, -0.1) is 0 Å². The highest BCUT2D eigenvalue weighted by Crippen LogP contribution is 2.76. The maximum absolute atomic E-state index is 12.0. The van der Waals surface area contributed by atoms with Crippen LogP contribution in [0.25, 0.3) is 5.57 Å². The third kappa shape index (κ3) is 5.58. The molecule has 1 saturated heterocycles. The maximum Gasteiger partial charge on any atom is 0.335 e. The fourth-order valence-electron chi connectivity index (χ4n) is 14.0. The molecule has 1 aromatic rings. The molecule has 0 aromatic heterocycles. The van der Waals surface area contributed by atoms with Crippen LogP contribution in [0.3, 0.4) is 0 Å². The van der Waals surface area contributed by atoms with Crippen molar-refractivity contribution in [2.45, 2.75) is 117 Å². The number of aromatic carboxylic acids is 1. The minimum Gasteiger partial charge on any atom is -0.478 e. The normalized spacial score (nSPS) is 42.4. The lowest BCUT2D eigenvalue weighted by Gasteiger charge is -2.72. The molecule has 6 aliphatic rings. The smallest absolute Gasteiger partial charge is 0.335 e. The van der Waals surface area contributed by atoms with Crippen LogP contribution < -0.4 is 5.32 Å². The van der Waals surface area contributed by atoms with Gasteiger partial charge in [-0.25, -0.2) is 13.2 Å². The number of nitrogens with one attached hydrogen (secondary N) is 1. The highest BCUT2D eigenvalue weighted by Gasteiger charge is 2.71. The Bertz CT molecular complexity index is 1620. The number of carboxylic acids is 1. The van der Waals surface area contributed by atoms with Crippen LogP contribution in [0.15, 0.2) is 30.3 Å². The molecule has 278 valence electrons. The predicted octanol–water partition coefficient (Wildman–Crippen LogP) is 7.30. The van der Waals surface area contributed by atoms with Crippen LogP contribution in [0.1, 0.15) is 122 Å². The van der Waals surface area contributed by atoms with E-state index in [9.17, 15) is 23.4 Å². The molecule has 0 bridgehead atoms. The zero-order chi connectivity index (χ0) is 36.1. The Balaban J connectivity index is 1.16. The fraction of sp³-hybridized carbons (Fsp3) is 0.786. The summed E-state index contributed by atoms with van der Waals surface area (Å²) in [6.45, 7) is 20.0. The zero-order valence-electron chi connectivity index (χ0n) is 31.9. The van der Waals surface area contributed by atoms with Crippen molar-refractivity contribution in [3.05, 3.63) is 41.5 Å². The van der Waals surface area contributed by atoms with E-state index in [2.05, 4.69) is 64.8 Å². The van der Waals surface area contributed by atoms with Crippen molar-refractivity contribution in [2.24, 2.45) is 51.2 Å². The number of benzene rings is 1. The third-order valence-corrected chi connectivity index (χ3v) is 18.3. The molecule has 1 heterocycles. The molecular weight excluding hydrogens is 645 g/mol. The van der Waals surface area contributed by atoms with E-state index in [1.807, 2.05) is 12.1 Å². The number of nitrogens with zero attached hydrogens (tertiary/aromatic N) is 1. The average Bonchev–Trinajstić information content (AvgIpc) is 3.42. The number of aliphatic hydroxyl groups is 1. The molecule has 8 heteroatoms. The Morgan fingerprint density at radius 1 is 0.900 bits per heavy atom. The van der Waals surface area contributed by atoms with E-state index in [1.165, 1.54) is 37.7 Å². The summed E-state index contributed by atoms with van der Waals surface area (Å²) in [4.78, 5) is 13.9. The number of hydrogen-bond acceptors (Lipinski definition) is 6. The summed E-state index contributed by atoms with van der Waals surface area (Å²) < 4.78 is 24.1. The quantitative estimate of drug-likeness (QED) is 0.273. The minimum atomic E-state index is -2.89. The second-order valence-corrected chi connectivity index (χ2v) is 21.8. The highest BCUT2D eigenvalue weighted by molar-refractivity contribution is 7.91. The number of sulfone groups is 1. The number of carboxylic acid groups (broad SMARTS) is 1. The van der Waals surface area contributed by atoms with Gasteiger partial charge in [-0.3, -0.25) is 0 Å². The van der Waals surface area contributed by atoms with Gasteiger partial charge < -0.3 is 20.4 Å². The molecule has 0 radical (unpaired) electrons. The molecule has 9 atom stereocenters. The molecule has 0 unspecified atom stereocenters. The standard InChI is InChI=1S/C42H64N2O5S/c1-37(2)30(28-8-10-29(11-9-28)36(45)46)14-17-39(5)33(37)16-18-41(7)34(39)13-12-32-35-31(38(3,4)47)15-19-42(35,21-20-40(32,41)6)43-22-23-44-24-26-50(48,49)27-25-44/h8-11,14,31-35,43,47H,12-13,15-27H2,1-7H3,(H,45,46)/t31-,32-,33+,34-,35-,39+,40-,41-,42+/m1/s1. The Labute approximate surface area is 302 Å². The third-order valence-electron chi connectivity index (χ3n) is 16.7. The predicted molar refractivity (Wildman–Crippen MR) is 201 cm³/mol. The molecule has 0 amide bonds. The molecule has 0 spiro atoms. The first-order chi connectivity index (χ1) is 23.3. The lowest BCUT2D eigenvalue weighted by Crippen LogP contribution is -2.68. The fourth-order valence-corrected chi connectivity index (χ4v) is 15.3. The van der Waals surface area contributed by atoms with Crippen molar-refractivity contribution in [2.75, 3.05) is 37.7 Å². The summed E-state index contributed by atoms with van der Waals surface area (Å²) in [5.41, 5.74) is 2.75. The van der Waals surface area contributed by atoms with E-state index in [4.69, 9.17) is 0 Å². The van der Waals surface area contributed by atoms with Gasteiger partial charge in [0, 0.05) is 31.7 Å². The van der Waals surface area contributed by atoms with Crippen LogP contribution in [-0.2, 0) is 9.84 Å². The molecule has 3 N–H and O–H groups in total. The second kappa shape index (κ2) is 12.1. The van der Waals surface area contributed by atoms with Gasteiger partial charge in [-0.1, -0.05) is 52.8 Å². The van der Waals surface area contributed by atoms with Crippen molar-refractivity contribution in [1.29, 1.82) is 0 Å². The number of allylic oxidation sites excluding steroid dienone is 2. The van der Waals surface area contributed by atoms with Gasteiger partial charge in [0.1, 0.15) is 0 Å². The molecule has 4 saturated carbocycles. The van der Waals surface area contributed by atoms with Crippen LogP contribution in [-0.4, -0.2) is 78.3 Å². The van der Waals surface area contributed by atoms with Crippen molar-refractivity contribution in [1.82, 2.24) is 10.2 Å². The van der Waals surface area contributed by atoms with E-state index in [-0.39, 0.29) is 44.6 Å². The Hall–Kier alpha value is -1.74. The Morgan fingerprint density at radius 2 is 1.58 bits per heavy atom. The Morgan fingerprint density at radius 3 is 2.22 bits per heavy atom. The number of hydrogen-bond donors (Lipinski definition) is 3. The van der Waals surface area contributed by atoms with Crippen LogP contribution >= 0.6 is 0 Å². The highest BCUT2D eigenvalue weighted by atomic mass is 32.2. The molecule has 50 heavy (non-hydrogen) atoms.